The van der Waals surface area contributed by atoms with E-state index in [4.69, 9.17) is 9.47 Å². The van der Waals surface area contributed by atoms with Crippen molar-refractivity contribution in [3.63, 3.8) is 0 Å². The van der Waals surface area contributed by atoms with Gasteiger partial charge in [-0.1, -0.05) is 42.5 Å². The molecule has 1 saturated heterocycles. The average molecular weight is 468 g/mol. The van der Waals surface area contributed by atoms with Crippen LogP contribution in [0.4, 0.5) is 0 Å². The van der Waals surface area contributed by atoms with Gasteiger partial charge in [0.1, 0.15) is 28.6 Å². The molecule has 0 spiro atoms. The first kappa shape index (κ1) is 21.4. The second kappa shape index (κ2) is 8.92. The zero-order valence-corrected chi connectivity index (χ0v) is 19.1. The van der Waals surface area contributed by atoms with Crippen molar-refractivity contribution in [2.75, 3.05) is 13.2 Å². The van der Waals surface area contributed by atoms with Gasteiger partial charge >= 0.3 is 0 Å². The minimum atomic E-state index is -0.394. The number of aromatic nitrogens is 2. The smallest absolute Gasteiger partial charge is 0.273 e. The number of H-pyrrole nitrogens is 1. The number of hydrogen-bond donors (Lipinski definition) is 2. The van der Waals surface area contributed by atoms with Gasteiger partial charge < -0.3 is 19.5 Å². The number of phenols is 1. The molecule has 1 fully saturated rings. The van der Waals surface area contributed by atoms with Gasteiger partial charge in [-0.25, -0.2) is 0 Å². The molecule has 0 unspecified atom stereocenters. The molecule has 2 aliphatic heterocycles. The summed E-state index contributed by atoms with van der Waals surface area (Å²) in [4.78, 5) is 15.4. The van der Waals surface area contributed by atoms with Crippen LogP contribution in [0.5, 0.6) is 17.2 Å². The Bertz CT molecular complexity index is 1360. The molecular formula is C28H25N3O4. The van der Waals surface area contributed by atoms with Crippen LogP contribution in [-0.2, 0) is 4.74 Å². The number of benzene rings is 3. The minimum Gasteiger partial charge on any atom is -0.507 e. The van der Waals surface area contributed by atoms with Gasteiger partial charge in [-0.15, -0.1) is 0 Å². The Morgan fingerprint density at radius 2 is 1.83 bits per heavy atom. The maximum absolute atomic E-state index is 13.6. The van der Waals surface area contributed by atoms with Crippen LogP contribution in [-0.4, -0.2) is 45.4 Å². The van der Waals surface area contributed by atoms with Crippen molar-refractivity contribution in [2.24, 2.45) is 0 Å². The zero-order chi connectivity index (χ0) is 23.8. The third kappa shape index (κ3) is 3.94. The van der Waals surface area contributed by atoms with Crippen LogP contribution in [0, 0.1) is 0 Å². The number of nitrogens with zero attached hydrogens (tertiary/aromatic N) is 2. The predicted molar refractivity (Wildman–Crippen MR) is 130 cm³/mol. The summed E-state index contributed by atoms with van der Waals surface area (Å²) in [6.07, 6.45) is 1.91. The molecule has 1 aromatic heterocycles. The van der Waals surface area contributed by atoms with Crippen LogP contribution >= 0.6 is 0 Å². The maximum Gasteiger partial charge on any atom is 0.273 e. The predicted octanol–water partition coefficient (Wildman–Crippen LogP) is 5.30. The molecule has 3 aromatic carbocycles. The molecule has 2 N–H and O–H groups in total. The Labute approximate surface area is 202 Å². The number of aromatic hydroxyl groups is 1. The Morgan fingerprint density at radius 3 is 2.63 bits per heavy atom. The summed E-state index contributed by atoms with van der Waals surface area (Å²) >= 11 is 0. The van der Waals surface area contributed by atoms with Crippen LogP contribution in [0.3, 0.4) is 0 Å². The lowest BCUT2D eigenvalue weighted by atomic mass is 9.95. The molecule has 4 aromatic rings. The van der Waals surface area contributed by atoms with Crippen molar-refractivity contribution < 1.29 is 19.4 Å². The third-order valence-electron chi connectivity index (χ3n) is 6.60. The number of ether oxygens (including phenoxy) is 2. The number of phenolic OH excluding ortho intramolecular Hbond substituents is 1. The molecular weight excluding hydrogens is 442 g/mol. The van der Waals surface area contributed by atoms with Gasteiger partial charge in [0.2, 0.25) is 0 Å². The highest BCUT2D eigenvalue weighted by atomic mass is 16.5. The van der Waals surface area contributed by atoms with E-state index in [1.807, 2.05) is 71.6 Å². The summed E-state index contributed by atoms with van der Waals surface area (Å²) in [5, 5.41) is 18.0. The van der Waals surface area contributed by atoms with Gasteiger partial charge in [-0.2, -0.15) is 5.10 Å². The van der Waals surface area contributed by atoms with E-state index in [0.29, 0.717) is 35.9 Å². The van der Waals surface area contributed by atoms with Crippen LogP contribution in [0.2, 0.25) is 0 Å². The largest absolute Gasteiger partial charge is 0.507 e. The monoisotopic (exact) mass is 467 g/mol. The number of nitrogens with one attached hydrogen (secondary N) is 1. The van der Waals surface area contributed by atoms with E-state index in [1.54, 1.807) is 12.1 Å². The summed E-state index contributed by atoms with van der Waals surface area (Å²) in [5.74, 6) is 1.41. The first-order valence-electron chi connectivity index (χ1n) is 11.8. The molecule has 0 bridgehead atoms. The van der Waals surface area contributed by atoms with Crippen molar-refractivity contribution in [2.45, 2.75) is 25.0 Å². The molecule has 7 nitrogen and oxygen atoms in total. The van der Waals surface area contributed by atoms with Gasteiger partial charge in [0.05, 0.1) is 12.1 Å². The van der Waals surface area contributed by atoms with Gasteiger partial charge in [-0.05, 0) is 54.8 Å². The van der Waals surface area contributed by atoms with Gasteiger partial charge in [0, 0.05) is 24.3 Å². The number of hydrogen-bond acceptors (Lipinski definition) is 5. The highest BCUT2D eigenvalue weighted by molar-refractivity contribution is 6.00. The minimum absolute atomic E-state index is 0.00394. The molecule has 3 heterocycles. The first-order valence-corrected chi connectivity index (χ1v) is 11.8. The molecule has 7 heteroatoms. The molecule has 0 radical (unpaired) electrons. The number of rotatable bonds is 6. The van der Waals surface area contributed by atoms with Crippen molar-refractivity contribution >= 4 is 5.91 Å². The molecule has 35 heavy (non-hydrogen) atoms. The number of amides is 1. The van der Waals surface area contributed by atoms with E-state index in [-0.39, 0.29) is 17.8 Å². The van der Waals surface area contributed by atoms with Gasteiger partial charge in [0.25, 0.3) is 5.91 Å². The lowest BCUT2D eigenvalue weighted by Gasteiger charge is -2.28. The van der Waals surface area contributed by atoms with E-state index >= 15 is 0 Å². The van der Waals surface area contributed by atoms with Crippen LogP contribution in [0.15, 0.2) is 78.9 Å². The summed E-state index contributed by atoms with van der Waals surface area (Å²) in [6.45, 7) is 1.20. The number of fused-ring (bicyclic) bond motifs is 1. The molecule has 1 amide bonds. The lowest BCUT2D eigenvalue weighted by molar-refractivity contribution is 0.0495. The van der Waals surface area contributed by atoms with E-state index in [0.717, 1.165) is 29.7 Å². The SMILES string of the molecule is O=C1c2[nH]nc(-c3ccccc3O)c2[C@@H](c2cccc(Oc3ccccc3)c2)N1C[C@@H]1CCCO1. The molecule has 2 atom stereocenters. The maximum atomic E-state index is 13.6. The second-order valence-electron chi connectivity index (χ2n) is 8.86. The normalized spacial score (nSPS) is 19.2. The number of aromatic amines is 1. The standard InChI is InChI=1S/C28H25N3O4/c32-23-14-5-4-13-22(23)25-24-26(30-29-25)28(33)31(17-21-12-7-15-34-21)27(24)18-8-6-11-20(16-18)35-19-9-2-1-3-10-19/h1-6,8-11,13-14,16,21,27,32H,7,12,15,17H2,(H,29,30)/t21-,27+/m0/s1. The third-order valence-corrected chi connectivity index (χ3v) is 6.60. The van der Waals surface area contributed by atoms with Crippen molar-refractivity contribution in [3.05, 3.63) is 95.7 Å². The van der Waals surface area contributed by atoms with Crippen molar-refractivity contribution in [3.8, 4) is 28.5 Å². The first-order chi connectivity index (χ1) is 17.2. The fourth-order valence-electron chi connectivity index (χ4n) is 4.99. The quantitative estimate of drug-likeness (QED) is 0.402. The second-order valence-corrected chi connectivity index (χ2v) is 8.86. The fourth-order valence-corrected chi connectivity index (χ4v) is 4.99. The Kier molecular flexibility index (Phi) is 5.47. The molecule has 2 aliphatic rings. The van der Waals surface area contributed by atoms with E-state index in [2.05, 4.69) is 10.2 Å². The summed E-state index contributed by atoms with van der Waals surface area (Å²) < 4.78 is 12.0. The average Bonchev–Trinajstić information content (AvgIpc) is 3.60. The molecule has 0 aliphatic carbocycles. The van der Waals surface area contributed by atoms with Crippen LogP contribution in [0.1, 0.15) is 40.5 Å². The summed E-state index contributed by atoms with van der Waals surface area (Å²) in [5.41, 5.74) is 3.26. The highest BCUT2D eigenvalue weighted by Crippen LogP contribution is 2.45. The number of carbonyl (C=O) groups excluding carboxylic acids is 1. The highest BCUT2D eigenvalue weighted by Gasteiger charge is 2.43. The zero-order valence-electron chi connectivity index (χ0n) is 19.1. The summed E-state index contributed by atoms with van der Waals surface area (Å²) in [6, 6.07) is 24.0. The topological polar surface area (TPSA) is 87.7 Å². The Hall–Kier alpha value is -4.10. The summed E-state index contributed by atoms with van der Waals surface area (Å²) in [7, 11) is 0. The van der Waals surface area contributed by atoms with E-state index in [9.17, 15) is 9.90 Å². The van der Waals surface area contributed by atoms with Crippen LogP contribution in [0.25, 0.3) is 11.3 Å². The van der Waals surface area contributed by atoms with Crippen LogP contribution < -0.4 is 4.74 Å². The Balaban J connectivity index is 1.44. The molecule has 6 rings (SSSR count). The van der Waals surface area contributed by atoms with E-state index < -0.39 is 6.04 Å². The van der Waals surface area contributed by atoms with E-state index in [1.165, 1.54) is 0 Å². The van der Waals surface area contributed by atoms with Gasteiger partial charge in [-0.3, -0.25) is 9.89 Å². The van der Waals surface area contributed by atoms with Crippen molar-refractivity contribution in [1.82, 2.24) is 15.1 Å². The Morgan fingerprint density at radius 1 is 1.03 bits per heavy atom. The van der Waals surface area contributed by atoms with Gasteiger partial charge in [0.15, 0.2) is 0 Å². The number of para-hydroxylation sites is 2. The fraction of sp³-hybridized carbons (Fsp3) is 0.214. The molecule has 176 valence electrons. The molecule has 0 saturated carbocycles. The van der Waals surface area contributed by atoms with Crippen molar-refractivity contribution in [1.29, 1.82) is 0 Å². The number of carbonyl (C=O) groups is 1. The lowest BCUT2D eigenvalue weighted by Crippen LogP contribution is -2.36.